The molecule has 8 nitrogen and oxygen atoms in total. The summed E-state index contributed by atoms with van der Waals surface area (Å²) in [5.41, 5.74) is 3.03. The number of hydrogen-bond acceptors (Lipinski definition) is 6. The Kier molecular flexibility index (Phi) is 5.48. The maximum atomic E-state index is 11.9. The van der Waals surface area contributed by atoms with Crippen molar-refractivity contribution >= 4 is 33.7 Å². The summed E-state index contributed by atoms with van der Waals surface area (Å²) in [5.74, 6) is -0.289. The number of hydrazone groups is 1. The van der Waals surface area contributed by atoms with Crippen LogP contribution in [-0.4, -0.2) is 29.3 Å². The highest BCUT2D eigenvalue weighted by atomic mass is 79.9. The fourth-order valence-electron chi connectivity index (χ4n) is 1.79. The molecule has 0 fully saturated rings. The van der Waals surface area contributed by atoms with Crippen molar-refractivity contribution in [3.8, 4) is 11.5 Å². The quantitative estimate of drug-likeness (QED) is 0.460. The summed E-state index contributed by atoms with van der Waals surface area (Å²) >= 11 is 3.18. The maximum Gasteiger partial charge on any atom is 0.271 e. The summed E-state index contributed by atoms with van der Waals surface area (Å²) in [6, 6.07) is 8.29. The smallest absolute Gasteiger partial charge is 0.271 e. The van der Waals surface area contributed by atoms with Gasteiger partial charge in [0.05, 0.1) is 22.7 Å². The third kappa shape index (κ3) is 4.07. The number of non-ortho nitro benzene ring substituents is 1. The molecule has 0 atom stereocenters. The van der Waals surface area contributed by atoms with E-state index in [4.69, 9.17) is 4.74 Å². The van der Waals surface area contributed by atoms with Crippen molar-refractivity contribution in [2.45, 2.75) is 0 Å². The number of ether oxygens (including phenoxy) is 1. The van der Waals surface area contributed by atoms with Gasteiger partial charge in [0, 0.05) is 17.7 Å². The van der Waals surface area contributed by atoms with Crippen molar-refractivity contribution in [2.75, 3.05) is 7.11 Å². The van der Waals surface area contributed by atoms with Gasteiger partial charge in [0.15, 0.2) is 11.5 Å². The van der Waals surface area contributed by atoms with Gasteiger partial charge in [0.2, 0.25) is 0 Å². The van der Waals surface area contributed by atoms with Gasteiger partial charge in [-0.2, -0.15) is 5.10 Å². The molecule has 0 aliphatic carbocycles. The minimum Gasteiger partial charge on any atom is -0.503 e. The molecule has 2 aromatic carbocycles. The monoisotopic (exact) mass is 393 g/mol. The Morgan fingerprint density at radius 3 is 2.62 bits per heavy atom. The first-order valence-electron chi connectivity index (χ1n) is 6.56. The van der Waals surface area contributed by atoms with Crippen molar-refractivity contribution in [3.63, 3.8) is 0 Å². The maximum absolute atomic E-state index is 11.9. The average Bonchev–Trinajstić information content (AvgIpc) is 2.57. The molecule has 0 bridgehead atoms. The number of carbonyl (C=O) groups excluding carboxylic acids is 1. The summed E-state index contributed by atoms with van der Waals surface area (Å²) in [4.78, 5) is 21.9. The molecular weight excluding hydrogens is 382 g/mol. The molecule has 0 aliphatic rings. The summed E-state index contributed by atoms with van der Waals surface area (Å²) in [6.07, 6.45) is 1.37. The minimum absolute atomic E-state index is 0.0374. The molecule has 0 unspecified atom stereocenters. The standard InChI is InChI=1S/C15H12BrN3O5/c1-24-13-7-9(6-12(16)14(13)20)8-17-18-15(21)10-2-4-11(5-3-10)19(22)23/h2-8,20H,1H3,(H,18,21)/b17-8-. The topological polar surface area (TPSA) is 114 Å². The average molecular weight is 394 g/mol. The van der Waals surface area contributed by atoms with E-state index >= 15 is 0 Å². The van der Waals surface area contributed by atoms with Gasteiger partial charge in [-0.05, 0) is 45.8 Å². The largest absolute Gasteiger partial charge is 0.503 e. The van der Waals surface area contributed by atoms with Gasteiger partial charge in [0.1, 0.15) is 0 Å². The summed E-state index contributed by atoms with van der Waals surface area (Å²) in [6.45, 7) is 0. The van der Waals surface area contributed by atoms with E-state index in [0.29, 0.717) is 10.0 Å². The fraction of sp³-hybridized carbons (Fsp3) is 0.0667. The van der Waals surface area contributed by atoms with E-state index in [1.54, 1.807) is 12.1 Å². The Morgan fingerprint density at radius 1 is 1.38 bits per heavy atom. The first-order valence-corrected chi connectivity index (χ1v) is 7.36. The van der Waals surface area contributed by atoms with Crippen molar-refractivity contribution in [2.24, 2.45) is 5.10 Å². The highest BCUT2D eigenvalue weighted by Crippen LogP contribution is 2.34. The Hall–Kier alpha value is -2.94. The van der Waals surface area contributed by atoms with E-state index in [1.807, 2.05) is 0 Å². The number of methoxy groups -OCH3 is 1. The number of aromatic hydroxyl groups is 1. The number of rotatable bonds is 5. The summed E-state index contributed by atoms with van der Waals surface area (Å²) in [7, 11) is 1.42. The normalized spacial score (nSPS) is 10.6. The lowest BCUT2D eigenvalue weighted by Crippen LogP contribution is -2.17. The number of carbonyl (C=O) groups is 1. The number of nitrogens with zero attached hydrogens (tertiary/aromatic N) is 2. The van der Waals surface area contributed by atoms with Crippen LogP contribution in [0.1, 0.15) is 15.9 Å². The SMILES string of the molecule is COc1cc(/C=N\NC(=O)c2ccc([N+](=O)[O-])cc2)cc(Br)c1O. The van der Waals surface area contributed by atoms with Gasteiger partial charge < -0.3 is 9.84 Å². The number of nitrogens with one attached hydrogen (secondary N) is 1. The first-order chi connectivity index (χ1) is 11.4. The Labute approximate surface area is 145 Å². The molecule has 0 saturated heterocycles. The lowest BCUT2D eigenvalue weighted by molar-refractivity contribution is -0.384. The van der Waals surface area contributed by atoms with E-state index < -0.39 is 10.8 Å². The number of benzene rings is 2. The zero-order valence-corrected chi connectivity index (χ0v) is 14.0. The number of halogens is 1. The first kappa shape index (κ1) is 17.4. The van der Waals surface area contributed by atoms with Crippen molar-refractivity contribution in [1.82, 2.24) is 5.43 Å². The van der Waals surface area contributed by atoms with Crippen LogP contribution in [0.3, 0.4) is 0 Å². The lowest BCUT2D eigenvalue weighted by atomic mass is 10.2. The molecule has 0 radical (unpaired) electrons. The number of phenolic OH excluding ortho intramolecular Hbond substituents is 1. The molecule has 2 N–H and O–H groups in total. The molecule has 124 valence electrons. The summed E-state index contributed by atoms with van der Waals surface area (Å²) < 4.78 is 5.43. The van der Waals surface area contributed by atoms with Gasteiger partial charge >= 0.3 is 0 Å². The molecule has 9 heteroatoms. The second-order valence-corrected chi connectivity index (χ2v) is 5.41. The molecule has 0 spiro atoms. The molecule has 0 aromatic heterocycles. The van der Waals surface area contributed by atoms with Gasteiger partial charge in [-0.15, -0.1) is 0 Å². The number of hydrogen-bond donors (Lipinski definition) is 2. The number of phenols is 1. The molecular formula is C15H12BrN3O5. The van der Waals surface area contributed by atoms with Crippen LogP contribution >= 0.6 is 15.9 Å². The van der Waals surface area contributed by atoms with Crippen LogP contribution in [0.4, 0.5) is 5.69 Å². The molecule has 0 heterocycles. The van der Waals surface area contributed by atoms with Gasteiger partial charge in [-0.25, -0.2) is 5.43 Å². The number of nitro groups is 1. The van der Waals surface area contributed by atoms with E-state index in [2.05, 4.69) is 26.5 Å². The molecule has 1 amide bonds. The predicted molar refractivity (Wildman–Crippen MR) is 90.5 cm³/mol. The zero-order valence-electron chi connectivity index (χ0n) is 12.4. The third-order valence-corrected chi connectivity index (χ3v) is 3.60. The third-order valence-electron chi connectivity index (χ3n) is 2.99. The van der Waals surface area contributed by atoms with Crippen molar-refractivity contribution < 1.29 is 19.6 Å². The van der Waals surface area contributed by atoms with Crippen LogP contribution in [0.5, 0.6) is 11.5 Å². The number of amides is 1. The summed E-state index contributed by atoms with van der Waals surface area (Å²) in [5, 5.41) is 24.1. The lowest BCUT2D eigenvalue weighted by Gasteiger charge is -2.06. The zero-order chi connectivity index (χ0) is 17.7. The molecule has 2 rings (SSSR count). The van der Waals surface area contributed by atoms with Crippen LogP contribution in [0.15, 0.2) is 46.0 Å². The fourth-order valence-corrected chi connectivity index (χ4v) is 2.25. The van der Waals surface area contributed by atoms with E-state index in [0.717, 1.165) is 0 Å². The molecule has 24 heavy (non-hydrogen) atoms. The second-order valence-electron chi connectivity index (χ2n) is 4.56. The molecule has 0 aliphatic heterocycles. The van der Waals surface area contributed by atoms with E-state index in [1.165, 1.54) is 37.6 Å². The van der Waals surface area contributed by atoms with E-state index in [9.17, 15) is 20.0 Å². The highest BCUT2D eigenvalue weighted by Gasteiger charge is 2.09. The Morgan fingerprint density at radius 2 is 2.04 bits per heavy atom. The Balaban J connectivity index is 2.07. The molecule has 2 aromatic rings. The minimum atomic E-state index is -0.546. The van der Waals surface area contributed by atoms with E-state index in [-0.39, 0.29) is 22.7 Å². The van der Waals surface area contributed by atoms with Crippen LogP contribution in [0.25, 0.3) is 0 Å². The van der Waals surface area contributed by atoms with Crippen LogP contribution in [0, 0.1) is 10.1 Å². The highest BCUT2D eigenvalue weighted by molar-refractivity contribution is 9.10. The van der Waals surface area contributed by atoms with Crippen LogP contribution in [-0.2, 0) is 0 Å². The van der Waals surface area contributed by atoms with Gasteiger partial charge in [-0.3, -0.25) is 14.9 Å². The van der Waals surface area contributed by atoms with Crippen LogP contribution in [0.2, 0.25) is 0 Å². The Bertz CT molecular complexity index is 806. The van der Waals surface area contributed by atoms with Gasteiger partial charge in [0.25, 0.3) is 11.6 Å². The van der Waals surface area contributed by atoms with Crippen molar-refractivity contribution in [1.29, 1.82) is 0 Å². The van der Waals surface area contributed by atoms with Crippen LogP contribution < -0.4 is 10.2 Å². The number of nitro benzene ring substituents is 1. The predicted octanol–water partition coefficient (Wildman–Crippen LogP) is 2.84. The second kappa shape index (κ2) is 7.55. The molecule has 0 saturated carbocycles. The van der Waals surface area contributed by atoms with Crippen molar-refractivity contribution in [3.05, 3.63) is 62.1 Å². The van der Waals surface area contributed by atoms with Gasteiger partial charge in [-0.1, -0.05) is 0 Å².